The average Bonchev–Trinajstić information content (AvgIpc) is 2.24. The van der Waals surface area contributed by atoms with Gasteiger partial charge in [0.05, 0.1) is 0 Å². The highest BCUT2D eigenvalue weighted by Crippen LogP contribution is 2.17. The molecule has 0 saturated heterocycles. The van der Waals surface area contributed by atoms with Gasteiger partial charge in [-0.2, -0.15) is 0 Å². The van der Waals surface area contributed by atoms with Gasteiger partial charge in [-0.1, -0.05) is 36.2 Å². The first-order chi connectivity index (χ1) is 7.56. The largest absolute Gasteiger partial charge is 0.312 e. The van der Waals surface area contributed by atoms with Crippen LogP contribution in [0.1, 0.15) is 29.7 Å². The van der Waals surface area contributed by atoms with Gasteiger partial charge in [0, 0.05) is 28.3 Å². The van der Waals surface area contributed by atoms with Crippen LogP contribution in [-0.2, 0) is 10.8 Å². The fraction of sp³-hybridized carbons (Fsp3) is 0.538. The van der Waals surface area contributed by atoms with E-state index in [0.29, 0.717) is 5.75 Å². The molecule has 1 rings (SSSR count). The maximum absolute atomic E-state index is 11.6. The Hall–Kier alpha value is -0.670. The van der Waals surface area contributed by atoms with E-state index in [2.05, 4.69) is 37.4 Å². The second-order valence-electron chi connectivity index (χ2n) is 4.16. The fourth-order valence-corrected chi connectivity index (χ4v) is 2.83. The standard InChI is InChI=1S/C13H21NOS/c1-5-16(15)9-13(14-4)12-7-10(2)6-11(3)8-12/h6-8,13-14H,5,9H2,1-4H3. The second-order valence-corrected chi connectivity index (χ2v) is 5.95. The lowest BCUT2D eigenvalue weighted by Crippen LogP contribution is -2.23. The van der Waals surface area contributed by atoms with Gasteiger partial charge in [-0.05, 0) is 26.5 Å². The first-order valence-electron chi connectivity index (χ1n) is 5.67. The summed E-state index contributed by atoms with van der Waals surface area (Å²) in [5, 5.41) is 3.24. The molecule has 0 aromatic heterocycles. The molecular weight excluding hydrogens is 218 g/mol. The molecule has 0 aliphatic rings. The Bertz CT molecular complexity index is 356. The molecule has 0 aliphatic carbocycles. The summed E-state index contributed by atoms with van der Waals surface area (Å²) in [7, 11) is 1.19. The first kappa shape index (κ1) is 13.4. The van der Waals surface area contributed by atoms with E-state index in [4.69, 9.17) is 0 Å². The third kappa shape index (κ3) is 3.72. The van der Waals surface area contributed by atoms with E-state index in [9.17, 15) is 4.21 Å². The molecule has 2 atom stereocenters. The Morgan fingerprint density at radius 2 is 1.81 bits per heavy atom. The molecule has 0 bridgehead atoms. The second kappa shape index (κ2) is 6.16. The van der Waals surface area contributed by atoms with Crippen LogP contribution in [0.4, 0.5) is 0 Å². The van der Waals surface area contributed by atoms with Gasteiger partial charge in [0.15, 0.2) is 0 Å². The SMILES string of the molecule is CCS(=O)CC(NC)c1cc(C)cc(C)c1. The summed E-state index contributed by atoms with van der Waals surface area (Å²) in [6.07, 6.45) is 0. The van der Waals surface area contributed by atoms with Gasteiger partial charge in [0.25, 0.3) is 0 Å². The van der Waals surface area contributed by atoms with Crippen LogP contribution in [-0.4, -0.2) is 22.8 Å². The Balaban J connectivity index is 2.90. The minimum atomic E-state index is -0.733. The lowest BCUT2D eigenvalue weighted by atomic mass is 10.0. The summed E-state index contributed by atoms with van der Waals surface area (Å²) in [5.74, 6) is 1.42. The van der Waals surface area contributed by atoms with Crippen LogP contribution in [0.15, 0.2) is 18.2 Å². The third-order valence-electron chi connectivity index (χ3n) is 2.67. The van der Waals surface area contributed by atoms with E-state index in [1.165, 1.54) is 16.7 Å². The molecule has 16 heavy (non-hydrogen) atoms. The van der Waals surface area contributed by atoms with E-state index < -0.39 is 10.8 Å². The molecule has 0 fully saturated rings. The third-order valence-corrected chi connectivity index (χ3v) is 4.02. The summed E-state index contributed by atoms with van der Waals surface area (Å²) in [5.41, 5.74) is 3.76. The zero-order valence-electron chi connectivity index (χ0n) is 10.5. The van der Waals surface area contributed by atoms with Gasteiger partial charge >= 0.3 is 0 Å². The molecule has 2 unspecified atom stereocenters. The summed E-state index contributed by atoms with van der Waals surface area (Å²) < 4.78 is 11.6. The predicted molar refractivity (Wildman–Crippen MR) is 71.3 cm³/mol. The van der Waals surface area contributed by atoms with Crippen molar-refractivity contribution in [3.05, 3.63) is 34.9 Å². The minimum Gasteiger partial charge on any atom is -0.312 e. The fourth-order valence-electron chi connectivity index (χ4n) is 1.86. The van der Waals surface area contributed by atoms with Crippen LogP contribution in [0, 0.1) is 13.8 Å². The summed E-state index contributed by atoms with van der Waals surface area (Å²) in [6, 6.07) is 6.69. The highest BCUT2D eigenvalue weighted by atomic mass is 32.2. The smallest absolute Gasteiger partial charge is 0.0434 e. The Kier molecular flexibility index (Phi) is 5.16. The molecule has 0 radical (unpaired) electrons. The van der Waals surface area contributed by atoms with E-state index in [1.807, 2.05) is 14.0 Å². The Morgan fingerprint density at radius 1 is 1.25 bits per heavy atom. The van der Waals surface area contributed by atoms with Crippen molar-refractivity contribution in [3.8, 4) is 0 Å². The van der Waals surface area contributed by atoms with E-state index in [-0.39, 0.29) is 6.04 Å². The molecule has 0 aliphatic heterocycles. The quantitative estimate of drug-likeness (QED) is 0.854. The minimum absolute atomic E-state index is 0.194. The number of rotatable bonds is 5. The lowest BCUT2D eigenvalue weighted by Gasteiger charge is -2.17. The molecular formula is C13H21NOS. The van der Waals surface area contributed by atoms with Crippen molar-refractivity contribution in [2.45, 2.75) is 26.8 Å². The monoisotopic (exact) mass is 239 g/mol. The lowest BCUT2D eigenvalue weighted by molar-refractivity contribution is 0.635. The van der Waals surface area contributed by atoms with Crippen LogP contribution in [0.5, 0.6) is 0 Å². The maximum Gasteiger partial charge on any atom is 0.0434 e. The van der Waals surface area contributed by atoms with Gasteiger partial charge < -0.3 is 5.32 Å². The molecule has 1 aromatic carbocycles. The first-order valence-corrected chi connectivity index (χ1v) is 7.16. The number of hydrogen-bond acceptors (Lipinski definition) is 2. The van der Waals surface area contributed by atoms with Crippen molar-refractivity contribution in [1.29, 1.82) is 0 Å². The molecule has 1 N–H and O–H groups in total. The van der Waals surface area contributed by atoms with Crippen molar-refractivity contribution in [3.63, 3.8) is 0 Å². The molecule has 0 saturated carbocycles. The van der Waals surface area contributed by atoms with Crippen molar-refractivity contribution < 1.29 is 4.21 Å². The maximum atomic E-state index is 11.6. The van der Waals surface area contributed by atoms with Gasteiger partial charge in [-0.15, -0.1) is 0 Å². The number of aryl methyl sites for hydroxylation is 2. The number of benzene rings is 1. The van der Waals surface area contributed by atoms with Crippen molar-refractivity contribution >= 4 is 10.8 Å². The molecule has 2 nitrogen and oxygen atoms in total. The molecule has 1 aromatic rings. The van der Waals surface area contributed by atoms with E-state index in [0.717, 1.165) is 5.75 Å². The van der Waals surface area contributed by atoms with Crippen LogP contribution < -0.4 is 5.32 Å². The van der Waals surface area contributed by atoms with Crippen LogP contribution >= 0.6 is 0 Å². The summed E-state index contributed by atoms with van der Waals surface area (Å²) in [6.45, 7) is 6.16. The van der Waals surface area contributed by atoms with Crippen molar-refractivity contribution in [2.24, 2.45) is 0 Å². The average molecular weight is 239 g/mol. The highest BCUT2D eigenvalue weighted by molar-refractivity contribution is 7.84. The zero-order valence-corrected chi connectivity index (χ0v) is 11.4. The normalized spacial score (nSPS) is 14.8. The number of nitrogens with one attached hydrogen (secondary N) is 1. The van der Waals surface area contributed by atoms with E-state index >= 15 is 0 Å². The summed E-state index contributed by atoms with van der Waals surface area (Å²) in [4.78, 5) is 0. The topological polar surface area (TPSA) is 29.1 Å². The van der Waals surface area contributed by atoms with Gasteiger partial charge in [0.2, 0.25) is 0 Å². The van der Waals surface area contributed by atoms with E-state index in [1.54, 1.807) is 0 Å². The van der Waals surface area contributed by atoms with Crippen LogP contribution in [0.2, 0.25) is 0 Å². The van der Waals surface area contributed by atoms with Crippen molar-refractivity contribution in [2.75, 3.05) is 18.6 Å². The predicted octanol–water partition coefficient (Wildman–Crippen LogP) is 2.33. The molecule has 0 amide bonds. The van der Waals surface area contributed by atoms with Gasteiger partial charge in [0.1, 0.15) is 0 Å². The van der Waals surface area contributed by atoms with Gasteiger partial charge in [-0.25, -0.2) is 0 Å². The molecule has 3 heteroatoms. The van der Waals surface area contributed by atoms with Crippen LogP contribution in [0.3, 0.4) is 0 Å². The zero-order chi connectivity index (χ0) is 12.1. The van der Waals surface area contributed by atoms with Crippen molar-refractivity contribution in [1.82, 2.24) is 5.32 Å². The Labute approximate surface area is 101 Å². The molecule has 0 heterocycles. The number of hydrogen-bond donors (Lipinski definition) is 1. The summed E-state index contributed by atoms with van der Waals surface area (Å²) >= 11 is 0. The van der Waals surface area contributed by atoms with Gasteiger partial charge in [-0.3, -0.25) is 4.21 Å². The molecule has 0 spiro atoms. The Morgan fingerprint density at radius 3 is 2.25 bits per heavy atom. The molecule has 90 valence electrons. The highest BCUT2D eigenvalue weighted by Gasteiger charge is 2.12. The van der Waals surface area contributed by atoms with Crippen LogP contribution in [0.25, 0.3) is 0 Å².